The Balaban J connectivity index is 4.86. The van der Waals surface area contributed by atoms with Crippen LogP contribution < -0.4 is 0 Å². The van der Waals surface area contributed by atoms with Gasteiger partial charge in [-0.3, -0.25) is 9.59 Å². The largest absolute Gasteiger partial charge is 0.446 e. The van der Waals surface area contributed by atoms with E-state index in [1.165, 1.54) is 0 Å². The molecule has 10 heteroatoms. The Morgan fingerprint density at radius 1 is 1.00 bits per heavy atom. The highest BCUT2D eigenvalue weighted by Crippen LogP contribution is 2.04. The Labute approximate surface area is 96.1 Å². The minimum absolute atomic E-state index is 0.484. The molecule has 72 valence electrons. The molecule has 0 aliphatic carbocycles. The molecule has 0 rings (SSSR count). The number of hydrogen-bond donors (Lipinski definition) is 4. The molecule has 0 aromatic heterocycles. The molecule has 0 aromatic rings. The first-order valence-corrected chi connectivity index (χ1v) is 4.18. The van der Waals surface area contributed by atoms with Crippen LogP contribution in [-0.4, -0.2) is 29.7 Å². The maximum absolute atomic E-state index is 11.0. The van der Waals surface area contributed by atoms with Gasteiger partial charge in [0, 0.05) is 0 Å². The molecule has 13 heavy (non-hydrogen) atoms. The predicted octanol–water partition coefficient (Wildman–Crippen LogP) is -0.306. The topological polar surface area (TPSA) is 77.0 Å². The van der Waals surface area contributed by atoms with Crippen LogP contribution >= 0.6 is 51.3 Å². The van der Waals surface area contributed by atoms with Crippen molar-refractivity contribution in [3.8, 4) is 0 Å². The fourth-order valence-electron chi connectivity index (χ4n) is 0.366. The SMILES string of the molecule is [N-]=[N+]=C(C(=O)N(S)S)C(=O)N(S)S. The summed E-state index contributed by atoms with van der Waals surface area (Å²) >= 11 is 13.9. The van der Waals surface area contributed by atoms with Crippen molar-refractivity contribution < 1.29 is 14.4 Å². The second-order valence-electron chi connectivity index (χ2n) is 1.64. The third-order valence-corrected chi connectivity index (χ3v) is 1.60. The van der Waals surface area contributed by atoms with Crippen LogP contribution in [-0.2, 0) is 9.59 Å². The summed E-state index contributed by atoms with van der Waals surface area (Å²) in [6, 6.07) is 0. The van der Waals surface area contributed by atoms with Gasteiger partial charge in [-0.15, -0.1) is 0 Å². The number of rotatable bonds is 2. The first kappa shape index (κ1) is 12.7. The lowest BCUT2D eigenvalue weighted by molar-refractivity contribution is -0.127. The molecule has 0 bridgehead atoms. The second-order valence-corrected chi connectivity index (χ2v) is 3.87. The summed E-state index contributed by atoms with van der Waals surface area (Å²) in [7, 11) is 0. The van der Waals surface area contributed by atoms with Crippen LogP contribution in [0.2, 0.25) is 0 Å². The van der Waals surface area contributed by atoms with Gasteiger partial charge in [-0.25, -0.2) is 7.42 Å². The van der Waals surface area contributed by atoms with Gasteiger partial charge in [0.15, 0.2) is 0 Å². The smallest absolute Gasteiger partial charge is 0.360 e. The van der Waals surface area contributed by atoms with Crippen LogP contribution in [0.1, 0.15) is 0 Å². The van der Waals surface area contributed by atoms with Gasteiger partial charge in [-0.1, -0.05) is 51.3 Å². The third-order valence-electron chi connectivity index (χ3n) is 0.868. The highest BCUT2D eigenvalue weighted by molar-refractivity contribution is 7.95. The summed E-state index contributed by atoms with van der Waals surface area (Å²) in [6.45, 7) is 0. The molecule has 0 unspecified atom stereocenters. The highest BCUT2D eigenvalue weighted by atomic mass is 32.2. The van der Waals surface area contributed by atoms with E-state index in [1.54, 1.807) is 0 Å². The summed E-state index contributed by atoms with van der Waals surface area (Å²) in [6.07, 6.45) is 0. The monoisotopic (exact) mass is 256 g/mol. The van der Waals surface area contributed by atoms with Crippen LogP contribution in [0.3, 0.4) is 0 Å². The quantitative estimate of drug-likeness (QED) is 0.180. The second kappa shape index (κ2) is 5.45. The summed E-state index contributed by atoms with van der Waals surface area (Å²) < 4.78 is 0.968. The molecule has 0 saturated heterocycles. The van der Waals surface area contributed by atoms with E-state index in [0.717, 1.165) is 0 Å². The average molecular weight is 256 g/mol. The Hall–Kier alpha value is -0.280. The van der Waals surface area contributed by atoms with Crippen molar-refractivity contribution >= 4 is 68.8 Å². The van der Waals surface area contributed by atoms with Gasteiger partial charge in [0.1, 0.15) is 0 Å². The molecular formula is C3H4N4O2S4. The van der Waals surface area contributed by atoms with Crippen molar-refractivity contribution in [1.29, 1.82) is 0 Å². The number of carbonyl (C=O) groups is 2. The molecule has 0 aliphatic heterocycles. The molecule has 0 aromatic carbocycles. The molecule has 0 fully saturated rings. The number of carbonyl (C=O) groups excluding carboxylic acids is 2. The molecule has 0 N–H and O–H groups in total. The van der Waals surface area contributed by atoms with Gasteiger partial charge in [-0.2, -0.15) is 4.79 Å². The van der Waals surface area contributed by atoms with E-state index in [-0.39, 0.29) is 0 Å². The Morgan fingerprint density at radius 3 is 1.46 bits per heavy atom. The number of thiol groups is 4. The van der Waals surface area contributed by atoms with Crippen LogP contribution in [0.25, 0.3) is 5.53 Å². The van der Waals surface area contributed by atoms with Crippen molar-refractivity contribution in [1.82, 2.24) is 7.42 Å². The zero-order valence-electron chi connectivity index (χ0n) is 5.89. The summed E-state index contributed by atoms with van der Waals surface area (Å²) in [5.41, 5.74) is 7.53. The van der Waals surface area contributed by atoms with Crippen LogP contribution in [0, 0.1) is 0 Å². The van der Waals surface area contributed by atoms with Crippen LogP contribution in [0.15, 0.2) is 0 Å². The number of nitrogens with zero attached hydrogens (tertiary/aromatic N) is 4. The third kappa shape index (κ3) is 3.53. The molecular weight excluding hydrogens is 252 g/mol. The standard InChI is InChI=1S/C3H4N4O2S4/c4-5-1(2(8)6(10)11)3(9)7(12)13/h10-13H. The molecule has 0 spiro atoms. The molecule has 2 amide bonds. The molecule has 0 saturated carbocycles. The number of hydrogen-bond acceptors (Lipinski definition) is 6. The maximum atomic E-state index is 11.0. The van der Waals surface area contributed by atoms with E-state index in [2.05, 4.69) is 56.0 Å². The molecule has 0 atom stereocenters. The van der Waals surface area contributed by atoms with Crippen molar-refractivity contribution in [2.45, 2.75) is 0 Å². The van der Waals surface area contributed by atoms with Crippen molar-refractivity contribution in [2.75, 3.05) is 0 Å². The fourth-order valence-corrected chi connectivity index (χ4v) is 0.745. The molecule has 0 aliphatic rings. The predicted molar refractivity (Wildman–Crippen MR) is 58.3 cm³/mol. The fraction of sp³-hybridized carbons (Fsp3) is 0. The zero-order chi connectivity index (χ0) is 10.6. The lowest BCUT2D eigenvalue weighted by Gasteiger charge is -2.05. The van der Waals surface area contributed by atoms with Crippen molar-refractivity contribution in [3.05, 3.63) is 5.53 Å². The van der Waals surface area contributed by atoms with E-state index >= 15 is 0 Å². The zero-order valence-corrected chi connectivity index (χ0v) is 9.47. The van der Waals surface area contributed by atoms with E-state index in [0.29, 0.717) is 7.42 Å². The molecule has 0 heterocycles. The Kier molecular flexibility index (Phi) is 5.33. The van der Waals surface area contributed by atoms with Crippen molar-refractivity contribution in [2.24, 2.45) is 0 Å². The Bertz CT molecular complexity index is 261. The lowest BCUT2D eigenvalue weighted by Crippen LogP contribution is -2.35. The van der Waals surface area contributed by atoms with Crippen LogP contribution in [0.5, 0.6) is 0 Å². The molecule has 6 nitrogen and oxygen atoms in total. The summed E-state index contributed by atoms with van der Waals surface area (Å²) in [5.74, 6) is -1.99. The van der Waals surface area contributed by atoms with E-state index in [1.807, 2.05) is 0 Å². The average Bonchev–Trinajstić information content (AvgIpc) is 2.04. The summed E-state index contributed by atoms with van der Waals surface area (Å²) in [5, 5.41) is 0. The lowest BCUT2D eigenvalue weighted by atomic mass is 10.3. The van der Waals surface area contributed by atoms with Gasteiger partial charge in [0.25, 0.3) is 0 Å². The van der Waals surface area contributed by atoms with Gasteiger partial charge < -0.3 is 5.53 Å². The maximum Gasteiger partial charge on any atom is 0.446 e. The van der Waals surface area contributed by atoms with Gasteiger partial charge >= 0.3 is 17.5 Å². The number of amides is 2. The highest BCUT2D eigenvalue weighted by Gasteiger charge is 2.34. The van der Waals surface area contributed by atoms with Gasteiger partial charge in [0.05, 0.1) is 0 Å². The van der Waals surface area contributed by atoms with Gasteiger partial charge in [0.2, 0.25) is 0 Å². The minimum Gasteiger partial charge on any atom is -0.360 e. The van der Waals surface area contributed by atoms with Gasteiger partial charge in [-0.05, 0) is 0 Å². The minimum atomic E-state index is -0.993. The van der Waals surface area contributed by atoms with Crippen molar-refractivity contribution in [3.63, 3.8) is 0 Å². The van der Waals surface area contributed by atoms with E-state index in [4.69, 9.17) is 5.53 Å². The first-order valence-electron chi connectivity index (χ1n) is 2.58. The van der Waals surface area contributed by atoms with E-state index in [9.17, 15) is 9.59 Å². The van der Waals surface area contributed by atoms with Crippen LogP contribution in [0.4, 0.5) is 0 Å². The summed E-state index contributed by atoms with van der Waals surface area (Å²) in [4.78, 5) is 24.4. The first-order chi connectivity index (χ1) is 5.91. The van der Waals surface area contributed by atoms with E-state index < -0.39 is 17.5 Å². The normalized spacial score (nSPS) is 8.62. The molecule has 0 radical (unpaired) electrons. The Morgan fingerprint density at radius 2 is 1.31 bits per heavy atom.